The van der Waals surface area contributed by atoms with E-state index in [9.17, 15) is 4.79 Å². The van der Waals surface area contributed by atoms with Crippen LogP contribution in [0, 0.1) is 0 Å². The molecular formula is C6H7NOS. The van der Waals surface area contributed by atoms with Crippen molar-refractivity contribution in [1.82, 2.24) is 4.98 Å². The number of aromatic amines is 1. The Hall–Kier alpha value is -0.700. The van der Waals surface area contributed by atoms with E-state index in [1.807, 2.05) is 6.07 Å². The molecular weight excluding hydrogens is 134 g/mol. The fraction of sp³-hybridized carbons (Fsp3) is 0.167. The number of carbonyl (C=O) groups excluding carboxylic acids is 1. The van der Waals surface area contributed by atoms with Crippen LogP contribution in [0.25, 0.3) is 0 Å². The summed E-state index contributed by atoms with van der Waals surface area (Å²) in [4.78, 5) is 13.6. The Morgan fingerprint density at radius 3 is 3.00 bits per heavy atom. The van der Waals surface area contributed by atoms with Crippen molar-refractivity contribution in [2.45, 2.75) is 0 Å². The molecule has 2 nitrogen and oxygen atoms in total. The molecule has 1 aromatic heterocycles. The maximum Gasteiger partial charge on any atom is 0.235 e. The molecule has 0 unspecified atom stereocenters. The summed E-state index contributed by atoms with van der Waals surface area (Å²) >= 11 is 1.21. The Morgan fingerprint density at radius 2 is 2.56 bits per heavy atom. The van der Waals surface area contributed by atoms with Crippen LogP contribution >= 0.6 is 11.8 Å². The molecule has 3 heteroatoms. The van der Waals surface area contributed by atoms with E-state index in [0.29, 0.717) is 5.69 Å². The fourth-order valence-electron chi connectivity index (χ4n) is 0.567. The van der Waals surface area contributed by atoms with Gasteiger partial charge in [0.2, 0.25) is 5.12 Å². The van der Waals surface area contributed by atoms with E-state index in [4.69, 9.17) is 0 Å². The van der Waals surface area contributed by atoms with Crippen LogP contribution in [-0.2, 0) is 0 Å². The van der Waals surface area contributed by atoms with Gasteiger partial charge in [0, 0.05) is 6.20 Å². The number of carbonyl (C=O) groups is 1. The van der Waals surface area contributed by atoms with Gasteiger partial charge in [-0.2, -0.15) is 0 Å². The van der Waals surface area contributed by atoms with E-state index in [1.165, 1.54) is 11.8 Å². The van der Waals surface area contributed by atoms with Crippen molar-refractivity contribution in [3.8, 4) is 0 Å². The summed E-state index contributed by atoms with van der Waals surface area (Å²) in [5, 5.41) is 0.0833. The molecule has 1 N–H and O–H groups in total. The molecule has 0 radical (unpaired) electrons. The van der Waals surface area contributed by atoms with Crippen LogP contribution in [0.15, 0.2) is 18.3 Å². The summed E-state index contributed by atoms with van der Waals surface area (Å²) < 4.78 is 0. The molecule has 0 aliphatic carbocycles. The number of thioether (sulfide) groups is 1. The van der Waals surface area contributed by atoms with Gasteiger partial charge in [-0.25, -0.2) is 0 Å². The first-order chi connectivity index (χ1) is 4.34. The van der Waals surface area contributed by atoms with E-state index in [-0.39, 0.29) is 5.12 Å². The summed E-state index contributed by atoms with van der Waals surface area (Å²) in [5.74, 6) is 0. The first-order valence-electron chi connectivity index (χ1n) is 2.56. The van der Waals surface area contributed by atoms with Crippen molar-refractivity contribution in [2.75, 3.05) is 6.26 Å². The third kappa shape index (κ3) is 1.36. The number of nitrogens with one attached hydrogen (secondary N) is 1. The lowest BCUT2D eigenvalue weighted by atomic mass is 10.5. The second-order valence-electron chi connectivity index (χ2n) is 1.58. The van der Waals surface area contributed by atoms with Gasteiger partial charge in [-0.3, -0.25) is 4.79 Å². The lowest BCUT2D eigenvalue weighted by Gasteiger charge is -1.87. The average Bonchev–Trinajstić information content (AvgIpc) is 2.37. The number of hydrogen-bond donors (Lipinski definition) is 1. The van der Waals surface area contributed by atoms with Crippen LogP contribution in [0.1, 0.15) is 10.5 Å². The van der Waals surface area contributed by atoms with Crippen LogP contribution in [0.4, 0.5) is 0 Å². The van der Waals surface area contributed by atoms with Crippen molar-refractivity contribution in [1.29, 1.82) is 0 Å². The lowest BCUT2D eigenvalue weighted by molar-refractivity contribution is 0.108. The molecule has 9 heavy (non-hydrogen) atoms. The highest BCUT2D eigenvalue weighted by Crippen LogP contribution is 2.05. The van der Waals surface area contributed by atoms with Crippen LogP contribution in [0.2, 0.25) is 0 Å². The van der Waals surface area contributed by atoms with Gasteiger partial charge in [-0.1, -0.05) is 11.8 Å². The molecule has 0 atom stereocenters. The first kappa shape index (κ1) is 6.42. The Labute approximate surface area is 57.7 Å². The predicted molar refractivity (Wildman–Crippen MR) is 38.6 cm³/mol. The summed E-state index contributed by atoms with van der Waals surface area (Å²) in [6.07, 6.45) is 3.51. The molecule has 1 heterocycles. The Kier molecular flexibility index (Phi) is 1.95. The SMILES string of the molecule is CSC(=O)c1ccc[nH]1. The molecule has 0 bridgehead atoms. The maximum absolute atomic E-state index is 10.8. The van der Waals surface area contributed by atoms with Gasteiger partial charge >= 0.3 is 0 Å². The van der Waals surface area contributed by atoms with E-state index in [0.717, 1.165) is 0 Å². The molecule has 48 valence electrons. The van der Waals surface area contributed by atoms with Gasteiger partial charge in [0.25, 0.3) is 0 Å². The Morgan fingerprint density at radius 1 is 1.78 bits per heavy atom. The van der Waals surface area contributed by atoms with E-state index in [2.05, 4.69) is 4.98 Å². The smallest absolute Gasteiger partial charge is 0.235 e. The molecule has 1 rings (SSSR count). The predicted octanol–water partition coefficient (Wildman–Crippen LogP) is 1.52. The average molecular weight is 141 g/mol. The second kappa shape index (κ2) is 2.73. The fourth-order valence-corrected chi connectivity index (χ4v) is 0.914. The van der Waals surface area contributed by atoms with Gasteiger partial charge in [-0.15, -0.1) is 0 Å². The molecule has 0 aliphatic heterocycles. The molecule has 0 amide bonds. The van der Waals surface area contributed by atoms with Crippen molar-refractivity contribution in [2.24, 2.45) is 0 Å². The molecule has 0 saturated carbocycles. The second-order valence-corrected chi connectivity index (χ2v) is 2.35. The van der Waals surface area contributed by atoms with E-state index < -0.39 is 0 Å². The van der Waals surface area contributed by atoms with Gasteiger partial charge in [-0.05, 0) is 18.4 Å². The zero-order chi connectivity index (χ0) is 6.69. The molecule has 0 spiro atoms. The molecule has 0 aliphatic rings. The summed E-state index contributed by atoms with van der Waals surface area (Å²) in [7, 11) is 0. The van der Waals surface area contributed by atoms with Crippen LogP contribution < -0.4 is 0 Å². The summed E-state index contributed by atoms with van der Waals surface area (Å²) in [5.41, 5.74) is 0.669. The van der Waals surface area contributed by atoms with Gasteiger partial charge in [0.05, 0.1) is 5.69 Å². The molecule has 0 aromatic carbocycles. The van der Waals surface area contributed by atoms with Crippen LogP contribution in [0.5, 0.6) is 0 Å². The summed E-state index contributed by atoms with van der Waals surface area (Å²) in [6, 6.07) is 3.57. The third-order valence-electron chi connectivity index (χ3n) is 1.00. The normalized spacial score (nSPS) is 9.44. The van der Waals surface area contributed by atoms with E-state index >= 15 is 0 Å². The summed E-state index contributed by atoms with van der Waals surface area (Å²) in [6.45, 7) is 0. The minimum absolute atomic E-state index is 0.0833. The van der Waals surface area contributed by atoms with Crippen molar-refractivity contribution in [3.63, 3.8) is 0 Å². The Balaban J connectivity index is 2.77. The lowest BCUT2D eigenvalue weighted by Crippen LogP contribution is -1.90. The quantitative estimate of drug-likeness (QED) is 0.643. The molecule has 0 fully saturated rings. The third-order valence-corrected chi connectivity index (χ3v) is 1.59. The highest BCUT2D eigenvalue weighted by molar-refractivity contribution is 8.13. The van der Waals surface area contributed by atoms with Crippen molar-refractivity contribution in [3.05, 3.63) is 24.0 Å². The zero-order valence-electron chi connectivity index (χ0n) is 5.05. The van der Waals surface area contributed by atoms with Crippen molar-refractivity contribution < 1.29 is 4.79 Å². The monoisotopic (exact) mass is 141 g/mol. The molecule has 1 aromatic rings. The standard InChI is InChI=1S/C6H7NOS/c1-9-6(8)5-3-2-4-7-5/h2-4,7H,1H3. The maximum atomic E-state index is 10.8. The highest BCUT2D eigenvalue weighted by atomic mass is 32.2. The number of H-pyrrole nitrogens is 1. The Bertz CT molecular complexity index is 193. The largest absolute Gasteiger partial charge is 0.358 e. The van der Waals surface area contributed by atoms with Crippen molar-refractivity contribution >= 4 is 16.9 Å². The first-order valence-corrected chi connectivity index (χ1v) is 3.79. The van der Waals surface area contributed by atoms with Crippen LogP contribution in [0.3, 0.4) is 0 Å². The number of rotatable bonds is 1. The van der Waals surface area contributed by atoms with Gasteiger partial charge in [0.1, 0.15) is 0 Å². The highest BCUT2D eigenvalue weighted by Gasteiger charge is 2.01. The van der Waals surface area contributed by atoms with E-state index in [1.54, 1.807) is 18.5 Å². The van der Waals surface area contributed by atoms with Gasteiger partial charge < -0.3 is 4.98 Å². The topological polar surface area (TPSA) is 32.9 Å². The number of hydrogen-bond acceptors (Lipinski definition) is 2. The van der Waals surface area contributed by atoms with Gasteiger partial charge in [0.15, 0.2) is 0 Å². The molecule has 0 saturated heterocycles. The minimum Gasteiger partial charge on any atom is -0.358 e. The van der Waals surface area contributed by atoms with Crippen LogP contribution in [-0.4, -0.2) is 16.4 Å². The zero-order valence-corrected chi connectivity index (χ0v) is 5.87. The minimum atomic E-state index is 0.0833. The number of aromatic nitrogens is 1.